The van der Waals surface area contributed by atoms with Gasteiger partial charge in [0.25, 0.3) is 0 Å². The fraction of sp³-hybridized carbons (Fsp3) is 0.650. The summed E-state index contributed by atoms with van der Waals surface area (Å²) in [4.78, 5) is 4.60. The Bertz CT molecular complexity index is 482. The molecule has 5 heteroatoms. The van der Waals surface area contributed by atoms with Crippen molar-refractivity contribution >= 4 is 5.96 Å². The van der Waals surface area contributed by atoms with Gasteiger partial charge in [-0.3, -0.25) is 4.99 Å². The highest BCUT2D eigenvalue weighted by Crippen LogP contribution is 2.15. The molecule has 0 saturated heterocycles. The number of nitrogens with one attached hydrogen (secondary N) is 3. The Morgan fingerprint density at radius 3 is 2.48 bits per heavy atom. The summed E-state index contributed by atoms with van der Waals surface area (Å²) in [5.41, 5.74) is 1.36. The number of guanidine groups is 1. The molecule has 0 spiro atoms. The highest BCUT2D eigenvalue weighted by atomic mass is 16.5. The van der Waals surface area contributed by atoms with Crippen molar-refractivity contribution in [2.75, 3.05) is 32.8 Å². The molecule has 1 unspecified atom stereocenters. The van der Waals surface area contributed by atoms with Gasteiger partial charge in [-0.2, -0.15) is 0 Å². The van der Waals surface area contributed by atoms with Gasteiger partial charge in [-0.15, -0.1) is 0 Å². The maximum atomic E-state index is 5.89. The number of hydrogen-bond donors (Lipinski definition) is 3. The normalized spacial score (nSPS) is 13.6. The summed E-state index contributed by atoms with van der Waals surface area (Å²) in [5, 5.41) is 10.1. The third-order valence-electron chi connectivity index (χ3n) is 3.63. The second-order valence-corrected chi connectivity index (χ2v) is 7.14. The van der Waals surface area contributed by atoms with E-state index in [4.69, 9.17) is 4.74 Å². The number of aliphatic imine (C=N–C) groups is 1. The van der Waals surface area contributed by atoms with Crippen LogP contribution in [-0.4, -0.2) is 44.3 Å². The molecule has 25 heavy (non-hydrogen) atoms. The van der Waals surface area contributed by atoms with Gasteiger partial charge in [0.05, 0.1) is 6.10 Å². The molecule has 5 nitrogen and oxygen atoms in total. The molecule has 1 rings (SSSR count). The first kappa shape index (κ1) is 21.5. The molecule has 0 aliphatic carbocycles. The van der Waals surface area contributed by atoms with E-state index < -0.39 is 0 Å². The molecular weight excluding hydrogens is 312 g/mol. The van der Waals surface area contributed by atoms with Gasteiger partial charge < -0.3 is 20.7 Å². The monoisotopic (exact) mass is 348 g/mol. The Balaban J connectivity index is 2.23. The van der Waals surface area contributed by atoms with Gasteiger partial charge in [-0.1, -0.05) is 30.3 Å². The van der Waals surface area contributed by atoms with Crippen LogP contribution < -0.4 is 16.0 Å². The summed E-state index contributed by atoms with van der Waals surface area (Å²) in [5.74, 6) is 0.870. The molecule has 1 aromatic rings. The molecule has 0 bridgehead atoms. The van der Waals surface area contributed by atoms with Gasteiger partial charge in [-0.05, 0) is 46.6 Å². The van der Waals surface area contributed by atoms with Crippen LogP contribution in [0.4, 0.5) is 0 Å². The fourth-order valence-corrected chi connectivity index (χ4v) is 2.30. The Hall–Kier alpha value is -1.59. The fourth-order valence-electron chi connectivity index (χ4n) is 2.30. The van der Waals surface area contributed by atoms with Crippen molar-refractivity contribution in [2.45, 2.75) is 52.7 Å². The van der Waals surface area contributed by atoms with Crippen LogP contribution in [0.25, 0.3) is 0 Å². The second kappa shape index (κ2) is 11.9. The van der Waals surface area contributed by atoms with Crippen molar-refractivity contribution in [3.8, 4) is 0 Å². The van der Waals surface area contributed by atoms with Gasteiger partial charge in [0.15, 0.2) is 5.96 Å². The number of rotatable bonds is 10. The molecule has 3 N–H and O–H groups in total. The summed E-state index contributed by atoms with van der Waals surface area (Å²) >= 11 is 0. The summed E-state index contributed by atoms with van der Waals surface area (Å²) in [7, 11) is 0. The van der Waals surface area contributed by atoms with Crippen LogP contribution in [0.3, 0.4) is 0 Å². The highest BCUT2D eigenvalue weighted by Gasteiger charge is 2.07. The lowest BCUT2D eigenvalue weighted by Gasteiger charge is -2.21. The molecule has 0 aliphatic heterocycles. The van der Waals surface area contributed by atoms with Gasteiger partial charge >= 0.3 is 0 Å². The third-order valence-corrected chi connectivity index (χ3v) is 3.63. The summed E-state index contributed by atoms with van der Waals surface area (Å²) in [6, 6.07) is 10.3. The number of hydrogen-bond acceptors (Lipinski definition) is 3. The van der Waals surface area contributed by atoms with Gasteiger partial charge in [0.2, 0.25) is 0 Å². The molecule has 0 saturated carbocycles. The van der Waals surface area contributed by atoms with Crippen LogP contribution in [0.5, 0.6) is 0 Å². The van der Waals surface area contributed by atoms with E-state index in [0.717, 1.165) is 38.6 Å². The minimum absolute atomic E-state index is 0.125. The van der Waals surface area contributed by atoms with Crippen molar-refractivity contribution in [1.82, 2.24) is 16.0 Å². The van der Waals surface area contributed by atoms with E-state index in [9.17, 15) is 0 Å². The van der Waals surface area contributed by atoms with Crippen molar-refractivity contribution < 1.29 is 4.74 Å². The summed E-state index contributed by atoms with van der Waals surface area (Å²) in [6.07, 6.45) is 1.04. The zero-order chi connectivity index (χ0) is 18.5. The Morgan fingerprint density at radius 2 is 1.84 bits per heavy atom. The van der Waals surface area contributed by atoms with E-state index in [0.29, 0.717) is 6.61 Å². The lowest BCUT2D eigenvalue weighted by atomic mass is 10.1. The Morgan fingerprint density at radius 1 is 1.12 bits per heavy atom. The quantitative estimate of drug-likeness (QED) is 0.345. The number of nitrogens with zero attached hydrogens (tertiary/aromatic N) is 1. The minimum atomic E-state index is 0.125. The predicted molar refractivity (Wildman–Crippen MR) is 107 cm³/mol. The van der Waals surface area contributed by atoms with Crippen LogP contribution in [0.2, 0.25) is 0 Å². The summed E-state index contributed by atoms with van der Waals surface area (Å²) in [6.45, 7) is 14.8. The molecule has 1 aromatic carbocycles. The molecule has 0 aliphatic rings. The van der Waals surface area contributed by atoms with Crippen molar-refractivity contribution in [2.24, 2.45) is 4.99 Å². The predicted octanol–water partition coefficient (Wildman–Crippen LogP) is 3.10. The largest absolute Gasteiger partial charge is 0.374 e. The lowest BCUT2D eigenvalue weighted by Crippen LogP contribution is -2.44. The average molecular weight is 349 g/mol. The maximum Gasteiger partial charge on any atom is 0.191 e. The average Bonchev–Trinajstić information content (AvgIpc) is 2.58. The third kappa shape index (κ3) is 10.8. The first-order valence-electron chi connectivity index (χ1n) is 9.36. The summed E-state index contributed by atoms with van der Waals surface area (Å²) < 4.78 is 5.89. The van der Waals surface area contributed by atoms with Crippen LogP contribution >= 0.6 is 0 Å². The molecule has 142 valence electrons. The zero-order valence-corrected chi connectivity index (χ0v) is 16.6. The molecule has 0 heterocycles. The molecular formula is C20H36N4O. The molecule has 0 fully saturated rings. The SMILES string of the molecule is CCNC(=NCCCOC(C)c1ccccc1)NCCNC(C)(C)C. The van der Waals surface area contributed by atoms with Crippen LogP contribution in [0, 0.1) is 0 Å². The Labute approximate surface area is 153 Å². The zero-order valence-electron chi connectivity index (χ0n) is 16.6. The van der Waals surface area contributed by atoms with Gasteiger partial charge in [0, 0.05) is 38.3 Å². The van der Waals surface area contributed by atoms with Crippen LogP contribution in [0.15, 0.2) is 35.3 Å². The van der Waals surface area contributed by atoms with E-state index in [-0.39, 0.29) is 11.6 Å². The van der Waals surface area contributed by atoms with Crippen molar-refractivity contribution in [1.29, 1.82) is 0 Å². The van der Waals surface area contributed by atoms with Crippen molar-refractivity contribution in [3.63, 3.8) is 0 Å². The van der Waals surface area contributed by atoms with E-state index in [1.54, 1.807) is 0 Å². The van der Waals surface area contributed by atoms with Gasteiger partial charge in [-0.25, -0.2) is 0 Å². The Kier molecular flexibility index (Phi) is 10.2. The lowest BCUT2D eigenvalue weighted by molar-refractivity contribution is 0.0652. The van der Waals surface area contributed by atoms with E-state index >= 15 is 0 Å². The van der Waals surface area contributed by atoms with Crippen molar-refractivity contribution in [3.05, 3.63) is 35.9 Å². The van der Waals surface area contributed by atoms with E-state index in [1.165, 1.54) is 5.56 Å². The molecule has 0 amide bonds. The number of ether oxygens (including phenoxy) is 1. The maximum absolute atomic E-state index is 5.89. The molecule has 0 radical (unpaired) electrons. The van der Waals surface area contributed by atoms with E-state index in [1.807, 2.05) is 18.2 Å². The molecule has 0 aromatic heterocycles. The topological polar surface area (TPSA) is 57.7 Å². The van der Waals surface area contributed by atoms with E-state index in [2.05, 4.69) is 67.7 Å². The molecule has 1 atom stereocenters. The first-order valence-corrected chi connectivity index (χ1v) is 9.36. The first-order chi connectivity index (χ1) is 11.9. The van der Waals surface area contributed by atoms with Gasteiger partial charge in [0.1, 0.15) is 0 Å². The smallest absolute Gasteiger partial charge is 0.191 e. The highest BCUT2D eigenvalue weighted by molar-refractivity contribution is 5.79. The van der Waals surface area contributed by atoms with Crippen LogP contribution in [0.1, 0.15) is 52.7 Å². The second-order valence-electron chi connectivity index (χ2n) is 7.14. The van der Waals surface area contributed by atoms with Crippen LogP contribution in [-0.2, 0) is 4.74 Å². The minimum Gasteiger partial charge on any atom is -0.374 e. The standard InChI is InChI=1S/C20H36N4O/c1-6-21-19(23-14-15-24-20(3,4)5)22-13-10-16-25-17(2)18-11-8-7-9-12-18/h7-9,11-12,17,24H,6,10,13-16H2,1-5H3,(H2,21,22,23). The number of benzene rings is 1.